The number of benzene rings is 1. The number of nitro groups is 1. The molecule has 1 N–H and O–H groups in total. The van der Waals surface area contributed by atoms with Crippen molar-refractivity contribution in [1.29, 1.82) is 0 Å². The van der Waals surface area contributed by atoms with Gasteiger partial charge < -0.3 is 5.32 Å². The van der Waals surface area contributed by atoms with Gasteiger partial charge in [0.05, 0.1) is 10.3 Å². The summed E-state index contributed by atoms with van der Waals surface area (Å²) in [4.78, 5) is 14.6. The molecule has 1 aliphatic carbocycles. The number of hydrogen-bond acceptors (Lipinski definition) is 4. The molecule has 5 heteroatoms. The molecular weight excluding hydrogens is 242 g/mol. The third-order valence-corrected chi connectivity index (χ3v) is 3.83. The third-order valence-electron chi connectivity index (χ3n) is 3.83. The average Bonchev–Trinajstić information content (AvgIpc) is 2.96. The van der Waals surface area contributed by atoms with Crippen molar-refractivity contribution in [3.8, 4) is 0 Å². The van der Waals surface area contributed by atoms with Crippen LogP contribution in [0.4, 0.5) is 11.4 Å². The van der Waals surface area contributed by atoms with E-state index in [9.17, 15) is 10.1 Å². The molecular formula is C14H15N3O2. The maximum Gasteiger partial charge on any atom is 0.278 e. The smallest absolute Gasteiger partial charge is 0.278 e. The molecule has 0 saturated heterocycles. The summed E-state index contributed by atoms with van der Waals surface area (Å²) in [6, 6.07) is 5.58. The number of non-ortho nitro benzene ring substituents is 1. The number of nitrogens with one attached hydrogen (secondary N) is 1. The minimum absolute atomic E-state index is 0.101. The molecule has 5 nitrogen and oxygen atoms in total. The van der Waals surface area contributed by atoms with Gasteiger partial charge in [-0.1, -0.05) is 13.8 Å². The number of hydrogen-bond donors (Lipinski definition) is 1. The molecule has 1 saturated carbocycles. The van der Waals surface area contributed by atoms with Gasteiger partial charge in [-0.05, 0) is 24.0 Å². The molecule has 1 heterocycles. The molecule has 0 spiro atoms. The van der Waals surface area contributed by atoms with Crippen LogP contribution in [0.25, 0.3) is 10.8 Å². The van der Waals surface area contributed by atoms with Crippen LogP contribution in [0.1, 0.15) is 20.3 Å². The second-order valence-electron chi connectivity index (χ2n) is 5.70. The Labute approximate surface area is 110 Å². The first-order valence-corrected chi connectivity index (χ1v) is 6.27. The molecule has 0 aliphatic heterocycles. The van der Waals surface area contributed by atoms with E-state index < -0.39 is 0 Å². The van der Waals surface area contributed by atoms with E-state index in [0.29, 0.717) is 16.8 Å². The predicted molar refractivity (Wildman–Crippen MR) is 74.2 cm³/mol. The molecule has 1 aromatic carbocycles. The molecule has 1 fully saturated rings. The number of nitro benzene ring substituents is 1. The molecule has 0 amide bonds. The average molecular weight is 257 g/mol. The van der Waals surface area contributed by atoms with Gasteiger partial charge in [-0.2, -0.15) is 0 Å². The lowest BCUT2D eigenvalue weighted by Gasteiger charge is -2.11. The second-order valence-corrected chi connectivity index (χ2v) is 5.70. The Bertz CT molecular complexity index is 667. The first-order valence-electron chi connectivity index (χ1n) is 6.27. The Hall–Kier alpha value is -2.17. The number of nitrogens with zero attached hydrogens (tertiary/aromatic N) is 2. The molecule has 2 aromatic rings. The lowest BCUT2D eigenvalue weighted by atomic mass is 10.1. The first kappa shape index (κ1) is 11.9. The highest BCUT2D eigenvalue weighted by molar-refractivity contribution is 5.99. The zero-order valence-electron chi connectivity index (χ0n) is 10.9. The van der Waals surface area contributed by atoms with Crippen LogP contribution >= 0.6 is 0 Å². The van der Waals surface area contributed by atoms with Gasteiger partial charge in [0.2, 0.25) is 0 Å². The standard InChI is InChI=1S/C14H15N3O2/c1-14(2)7-13(14)16-11-3-4-12(17(18)19)10-8-15-6-5-9(10)11/h3-6,8,13,16H,7H2,1-2H3. The SMILES string of the molecule is CC1(C)CC1Nc1ccc([N+](=O)[O-])c2cnccc12. The summed E-state index contributed by atoms with van der Waals surface area (Å²) < 4.78 is 0. The summed E-state index contributed by atoms with van der Waals surface area (Å²) in [5, 5.41) is 15.9. The van der Waals surface area contributed by atoms with Crippen LogP contribution in [-0.2, 0) is 0 Å². The number of aromatic nitrogens is 1. The minimum Gasteiger partial charge on any atom is -0.381 e. The molecule has 19 heavy (non-hydrogen) atoms. The van der Waals surface area contributed by atoms with E-state index in [-0.39, 0.29) is 10.6 Å². The van der Waals surface area contributed by atoms with Crippen molar-refractivity contribution in [3.05, 3.63) is 40.7 Å². The van der Waals surface area contributed by atoms with Crippen molar-refractivity contribution < 1.29 is 4.92 Å². The van der Waals surface area contributed by atoms with Crippen LogP contribution in [0.5, 0.6) is 0 Å². The lowest BCUT2D eigenvalue weighted by molar-refractivity contribution is -0.383. The van der Waals surface area contributed by atoms with E-state index in [4.69, 9.17) is 0 Å². The maximum absolute atomic E-state index is 11.0. The summed E-state index contributed by atoms with van der Waals surface area (Å²) in [5.74, 6) is 0. The number of fused-ring (bicyclic) bond motifs is 1. The van der Waals surface area contributed by atoms with E-state index in [1.54, 1.807) is 24.5 Å². The lowest BCUT2D eigenvalue weighted by Crippen LogP contribution is -2.08. The monoisotopic (exact) mass is 257 g/mol. The van der Waals surface area contributed by atoms with Crippen molar-refractivity contribution >= 4 is 22.1 Å². The molecule has 1 aliphatic rings. The molecule has 1 aromatic heterocycles. The Morgan fingerprint density at radius 2 is 2.11 bits per heavy atom. The van der Waals surface area contributed by atoms with Gasteiger partial charge >= 0.3 is 0 Å². The van der Waals surface area contributed by atoms with Gasteiger partial charge in [0.25, 0.3) is 5.69 Å². The Morgan fingerprint density at radius 1 is 1.37 bits per heavy atom. The number of pyridine rings is 1. The van der Waals surface area contributed by atoms with E-state index >= 15 is 0 Å². The molecule has 0 radical (unpaired) electrons. The van der Waals surface area contributed by atoms with Crippen LogP contribution < -0.4 is 5.32 Å². The highest BCUT2D eigenvalue weighted by Gasteiger charge is 2.45. The Morgan fingerprint density at radius 3 is 2.74 bits per heavy atom. The Kier molecular flexibility index (Phi) is 2.45. The van der Waals surface area contributed by atoms with Crippen LogP contribution in [0.15, 0.2) is 30.6 Å². The predicted octanol–water partition coefficient (Wildman–Crippen LogP) is 3.35. The van der Waals surface area contributed by atoms with E-state index in [2.05, 4.69) is 24.1 Å². The third kappa shape index (κ3) is 2.01. The normalized spacial score (nSPS) is 20.2. The molecule has 0 bridgehead atoms. The van der Waals surface area contributed by atoms with Crippen molar-refractivity contribution in [2.45, 2.75) is 26.3 Å². The fourth-order valence-electron chi connectivity index (χ4n) is 2.36. The quantitative estimate of drug-likeness (QED) is 0.676. The second kappa shape index (κ2) is 3.91. The summed E-state index contributed by atoms with van der Waals surface area (Å²) in [6.07, 6.45) is 4.34. The minimum atomic E-state index is -0.366. The number of rotatable bonds is 3. The van der Waals surface area contributed by atoms with Gasteiger partial charge in [-0.15, -0.1) is 0 Å². The van der Waals surface area contributed by atoms with Crippen LogP contribution in [0.3, 0.4) is 0 Å². The van der Waals surface area contributed by atoms with Gasteiger partial charge in [-0.25, -0.2) is 0 Å². The van der Waals surface area contributed by atoms with E-state index in [1.807, 2.05) is 6.07 Å². The number of anilines is 1. The summed E-state index contributed by atoms with van der Waals surface area (Å²) in [7, 11) is 0. The highest BCUT2D eigenvalue weighted by Crippen LogP contribution is 2.47. The van der Waals surface area contributed by atoms with E-state index in [1.165, 1.54) is 0 Å². The molecule has 3 rings (SSSR count). The molecule has 98 valence electrons. The Balaban J connectivity index is 2.07. The highest BCUT2D eigenvalue weighted by atomic mass is 16.6. The zero-order valence-corrected chi connectivity index (χ0v) is 10.9. The van der Waals surface area contributed by atoms with Crippen molar-refractivity contribution in [3.63, 3.8) is 0 Å². The molecule has 1 atom stereocenters. The maximum atomic E-state index is 11.0. The fraction of sp³-hybridized carbons (Fsp3) is 0.357. The largest absolute Gasteiger partial charge is 0.381 e. The van der Waals surface area contributed by atoms with Crippen LogP contribution in [-0.4, -0.2) is 15.9 Å². The van der Waals surface area contributed by atoms with Crippen LogP contribution in [0.2, 0.25) is 0 Å². The summed E-state index contributed by atoms with van der Waals surface area (Å²) in [5.41, 5.74) is 1.35. The molecule has 1 unspecified atom stereocenters. The van der Waals surface area contributed by atoms with Gasteiger partial charge in [0, 0.05) is 35.6 Å². The first-order chi connectivity index (χ1) is 8.99. The zero-order chi connectivity index (χ0) is 13.6. The van der Waals surface area contributed by atoms with Gasteiger partial charge in [-0.3, -0.25) is 15.1 Å². The summed E-state index contributed by atoms with van der Waals surface area (Å²) in [6.45, 7) is 4.42. The van der Waals surface area contributed by atoms with Gasteiger partial charge in [0.1, 0.15) is 0 Å². The van der Waals surface area contributed by atoms with Crippen molar-refractivity contribution in [2.75, 3.05) is 5.32 Å². The van der Waals surface area contributed by atoms with E-state index in [0.717, 1.165) is 17.5 Å². The van der Waals surface area contributed by atoms with Crippen molar-refractivity contribution in [1.82, 2.24) is 4.98 Å². The van der Waals surface area contributed by atoms with Gasteiger partial charge in [0.15, 0.2) is 0 Å². The van der Waals surface area contributed by atoms with Crippen molar-refractivity contribution in [2.24, 2.45) is 5.41 Å². The summed E-state index contributed by atoms with van der Waals surface area (Å²) >= 11 is 0. The topological polar surface area (TPSA) is 68.1 Å². The van der Waals surface area contributed by atoms with Crippen LogP contribution in [0, 0.1) is 15.5 Å². The fourth-order valence-corrected chi connectivity index (χ4v) is 2.36.